The number of anilines is 1. The molecule has 3 nitrogen and oxygen atoms in total. The van der Waals surface area contributed by atoms with Crippen molar-refractivity contribution < 1.29 is 0 Å². The molecule has 1 radical (unpaired) electrons. The van der Waals surface area contributed by atoms with E-state index in [1.807, 2.05) is 60.3 Å². The van der Waals surface area contributed by atoms with Crippen molar-refractivity contribution in [1.82, 2.24) is 9.78 Å². The molecular formula is C17H15ClN3. The Kier molecular flexibility index (Phi) is 3.93. The van der Waals surface area contributed by atoms with Gasteiger partial charge >= 0.3 is 0 Å². The predicted molar refractivity (Wildman–Crippen MR) is 86.3 cm³/mol. The lowest BCUT2D eigenvalue weighted by Crippen LogP contribution is -2.04. The van der Waals surface area contributed by atoms with Crippen LogP contribution in [0.15, 0.2) is 54.6 Å². The van der Waals surface area contributed by atoms with Crippen LogP contribution in [0.1, 0.15) is 5.56 Å². The topological polar surface area (TPSA) is 29.9 Å². The van der Waals surface area contributed by atoms with Crippen LogP contribution in [-0.4, -0.2) is 9.78 Å². The van der Waals surface area contributed by atoms with Crippen molar-refractivity contribution in [3.63, 3.8) is 0 Å². The van der Waals surface area contributed by atoms with Crippen LogP contribution in [0, 0.1) is 6.07 Å². The second kappa shape index (κ2) is 6.02. The highest BCUT2D eigenvalue weighted by atomic mass is 35.5. The monoisotopic (exact) mass is 296 g/mol. The highest BCUT2D eigenvalue weighted by Gasteiger charge is 2.07. The summed E-state index contributed by atoms with van der Waals surface area (Å²) in [5.74, 6) is 0.976. The van der Waals surface area contributed by atoms with Gasteiger partial charge < -0.3 is 5.32 Å². The van der Waals surface area contributed by atoms with Crippen LogP contribution >= 0.6 is 11.6 Å². The summed E-state index contributed by atoms with van der Waals surface area (Å²) in [7, 11) is 1.93. The number of nitrogens with one attached hydrogen (secondary N) is 1. The van der Waals surface area contributed by atoms with Gasteiger partial charge in [-0.25, -0.2) is 0 Å². The number of rotatable bonds is 4. The standard InChI is InChI=1S/C17H15ClN3/c1-21-17(19-12-13-5-3-2-4-6-13)11-16(20-21)14-7-9-15(18)10-8-14/h2-3,5-11,19H,12H2,1H3. The third-order valence-electron chi connectivity index (χ3n) is 3.26. The maximum atomic E-state index is 5.91. The van der Waals surface area contributed by atoms with Gasteiger partial charge in [0.2, 0.25) is 0 Å². The van der Waals surface area contributed by atoms with Gasteiger partial charge in [0.25, 0.3) is 0 Å². The van der Waals surface area contributed by atoms with E-state index in [-0.39, 0.29) is 0 Å². The average Bonchev–Trinajstić information content (AvgIpc) is 2.88. The van der Waals surface area contributed by atoms with Gasteiger partial charge in [-0.1, -0.05) is 41.9 Å². The largest absolute Gasteiger partial charge is 0.366 e. The van der Waals surface area contributed by atoms with Crippen molar-refractivity contribution in [2.75, 3.05) is 5.32 Å². The average molecular weight is 297 g/mol. The molecule has 1 aromatic heterocycles. The molecule has 2 aromatic carbocycles. The van der Waals surface area contributed by atoms with Gasteiger partial charge in [-0.3, -0.25) is 4.68 Å². The zero-order valence-electron chi connectivity index (χ0n) is 11.7. The number of benzene rings is 2. The van der Waals surface area contributed by atoms with E-state index in [2.05, 4.69) is 22.5 Å². The Labute approximate surface area is 129 Å². The summed E-state index contributed by atoms with van der Waals surface area (Å²) in [6, 6.07) is 20.7. The number of hydrogen-bond donors (Lipinski definition) is 1. The van der Waals surface area contributed by atoms with Crippen molar-refractivity contribution in [3.8, 4) is 11.3 Å². The van der Waals surface area contributed by atoms with E-state index in [9.17, 15) is 0 Å². The fourth-order valence-electron chi connectivity index (χ4n) is 2.13. The second-order valence-electron chi connectivity index (χ2n) is 4.81. The van der Waals surface area contributed by atoms with Gasteiger partial charge in [-0.15, -0.1) is 0 Å². The maximum Gasteiger partial charge on any atom is 0.124 e. The van der Waals surface area contributed by atoms with Gasteiger partial charge in [0.05, 0.1) is 5.69 Å². The van der Waals surface area contributed by atoms with Crippen molar-refractivity contribution >= 4 is 17.4 Å². The van der Waals surface area contributed by atoms with E-state index in [1.165, 1.54) is 5.56 Å². The van der Waals surface area contributed by atoms with Crippen molar-refractivity contribution in [1.29, 1.82) is 0 Å². The molecule has 0 unspecified atom stereocenters. The minimum Gasteiger partial charge on any atom is -0.366 e. The van der Waals surface area contributed by atoms with E-state index < -0.39 is 0 Å². The SMILES string of the molecule is Cn1nc(-c2ccc(Cl)cc2)cc1NCc1c[c]ccc1. The van der Waals surface area contributed by atoms with E-state index in [1.54, 1.807) is 0 Å². The first-order valence-electron chi connectivity index (χ1n) is 6.71. The summed E-state index contributed by atoms with van der Waals surface area (Å²) in [5, 5.41) is 8.64. The lowest BCUT2D eigenvalue weighted by Gasteiger charge is -2.05. The molecule has 0 aliphatic rings. The predicted octanol–water partition coefficient (Wildman–Crippen LogP) is 4.15. The lowest BCUT2D eigenvalue weighted by atomic mass is 10.1. The zero-order chi connectivity index (χ0) is 14.7. The molecule has 1 N–H and O–H groups in total. The summed E-state index contributed by atoms with van der Waals surface area (Å²) in [6.07, 6.45) is 0. The van der Waals surface area contributed by atoms with Crippen LogP contribution < -0.4 is 5.32 Å². The Hall–Kier alpha value is -2.26. The molecule has 3 aromatic rings. The Balaban J connectivity index is 1.77. The summed E-state index contributed by atoms with van der Waals surface area (Å²) in [4.78, 5) is 0. The summed E-state index contributed by atoms with van der Waals surface area (Å²) in [5.41, 5.74) is 3.17. The first kappa shape index (κ1) is 13.7. The van der Waals surface area contributed by atoms with Gasteiger partial charge in [0.1, 0.15) is 5.82 Å². The summed E-state index contributed by atoms with van der Waals surface area (Å²) >= 11 is 5.91. The highest BCUT2D eigenvalue weighted by Crippen LogP contribution is 2.23. The fraction of sp³-hybridized carbons (Fsp3) is 0.118. The normalized spacial score (nSPS) is 10.6. The van der Waals surface area contributed by atoms with E-state index in [4.69, 9.17) is 11.6 Å². The number of hydrogen-bond acceptors (Lipinski definition) is 2. The third-order valence-corrected chi connectivity index (χ3v) is 3.52. The quantitative estimate of drug-likeness (QED) is 0.784. The molecule has 0 saturated carbocycles. The summed E-state index contributed by atoms with van der Waals surface area (Å²) in [6.45, 7) is 0.747. The molecular weight excluding hydrogens is 282 g/mol. The molecule has 0 amide bonds. The van der Waals surface area contributed by atoms with Crippen LogP contribution in [0.4, 0.5) is 5.82 Å². The number of nitrogens with zero attached hydrogens (tertiary/aromatic N) is 2. The number of halogens is 1. The molecule has 0 atom stereocenters. The number of aryl methyl sites for hydroxylation is 1. The molecule has 0 fully saturated rings. The molecule has 0 spiro atoms. The number of aromatic nitrogens is 2. The first-order valence-corrected chi connectivity index (χ1v) is 7.09. The molecule has 105 valence electrons. The van der Waals surface area contributed by atoms with Crippen LogP contribution in [-0.2, 0) is 13.6 Å². The van der Waals surface area contributed by atoms with Crippen molar-refractivity contribution in [2.24, 2.45) is 7.05 Å². The van der Waals surface area contributed by atoms with Gasteiger partial charge in [-0.2, -0.15) is 5.10 Å². The molecule has 0 bridgehead atoms. The van der Waals surface area contributed by atoms with E-state index in [0.717, 1.165) is 28.6 Å². The Morgan fingerprint density at radius 3 is 2.76 bits per heavy atom. The second-order valence-corrected chi connectivity index (χ2v) is 5.25. The van der Waals surface area contributed by atoms with Crippen LogP contribution in [0.5, 0.6) is 0 Å². The van der Waals surface area contributed by atoms with Gasteiger partial charge in [-0.05, 0) is 29.8 Å². The van der Waals surface area contributed by atoms with Crippen LogP contribution in [0.3, 0.4) is 0 Å². The van der Waals surface area contributed by atoms with Gasteiger partial charge in [0, 0.05) is 30.2 Å². The molecule has 4 heteroatoms. The van der Waals surface area contributed by atoms with Crippen molar-refractivity contribution in [3.05, 3.63) is 71.2 Å². The highest BCUT2D eigenvalue weighted by molar-refractivity contribution is 6.30. The van der Waals surface area contributed by atoms with Crippen LogP contribution in [0.25, 0.3) is 11.3 Å². The lowest BCUT2D eigenvalue weighted by molar-refractivity contribution is 0.772. The minimum absolute atomic E-state index is 0.730. The molecule has 0 aliphatic carbocycles. The third kappa shape index (κ3) is 3.26. The first-order chi connectivity index (χ1) is 10.2. The van der Waals surface area contributed by atoms with E-state index in [0.29, 0.717) is 0 Å². The fourth-order valence-corrected chi connectivity index (χ4v) is 2.25. The smallest absolute Gasteiger partial charge is 0.124 e. The van der Waals surface area contributed by atoms with Crippen LogP contribution in [0.2, 0.25) is 5.02 Å². The molecule has 0 aliphatic heterocycles. The molecule has 1 heterocycles. The van der Waals surface area contributed by atoms with Gasteiger partial charge in [0.15, 0.2) is 0 Å². The van der Waals surface area contributed by atoms with E-state index >= 15 is 0 Å². The maximum absolute atomic E-state index is 5.91. The zero-order valence-corrected chi connectivity index (χ0v) is 12.4. The Bertz CT molecular complexity index is 718. The molecule has 3 rings (SSSR count). The molecule has 0 saturated heterocycles. The minimum atomic E-state index is 0.730. The Morgan fingerprint density at radius 2 is 2.05 bits per heavy atom. The molecule has 21 heavy (non-hydrogen) atoms. The van der Waals surface area contributed by atoms with Crippen molar-refractivity contribution in [2.45, 2.75) is 6.54 Å². The Morgan fingerprint density at radius 1 is 1.24 bits per heavy atom. The summed E-state index contributed by atoms with van der Waals surface area (Å²) < 4.78 is 1.84.